The number of hydrogen-bond acceptors (Lipinski definition) is 1. The highest BCUT2D eigenvalue weighted by atomic mass is 35.5. The maximum absolute atomic E-state index is 6.27. The Morgan fingerprint density at radius 2 is 1.80 bits per heavy atom. The van der Waals surface area contributed by atoms with Crippen LogP contribution in [0.3, 0.4) is 0 Å². The third-order valence-corrected chi connectivity index (χ3v) is 4.07. The van der Waals surface area contributed by atoms with Crippen molar-refractivity contribution >= 4 is 57.4 Å². The molecule has 0 bridgehead atoms. The standard InChI is InChI=1S/C14H8Cl4N2/c15-7-13-19-14-10(18)2-1-3-11(14)20(13)12-6-8(16)4-5-9(12)17/h1-6H,7H2. The van der Waals surface area contributed by atoms with Crippen LogP contribution in [-0.4, -0.2) is 9.55 Å². The molecule has 0 saturated heterocycles. The highest BCUT2D eigenvalue weighted by Gasteiger charge is 2.16. The van der Waals surface area contributed by atoms with Gasteiger partial charge in [0.1, 0.15) is 11.3 Å². The summed E-state index contributed by atoms with van der Waals surface area (Å²) >= 11 is 24.5. The number of alkyl halides is 1. The van der Waals surface area contributed by atoms with E-state index in [1.54, 1.807) is 24.3 Å². The summed E-state index contributed by atoms with van der Waals surface area (Å²) in [5.74, 6) is 0.910. The van der Waals surface area contributed by atoms with Gasteiger partial charge in [-0.05, 0) is 30.3 Å². The second-order valence-corrected chi connectivity index (χ2v) is 5.72. The average molecular weight is 346 g/mol. The van der Waals surface area contributed by atoms with Gasteiger partial charge in [0.05, 0.1) is 27.1 Å². The van der Waals surface area contributed by atoms with Crippen molar-refractivity contribution in [3.63, 3.8) is 0 Å². The van der Waals surface area contributed by atoms with Crippen LogP contribution in [0.1, 0.15) is 5.82 Å². The Balaban J connectivity index is 2.40. The van der Waals surface area contributed by atoms with Gasteiger partial charge in [-0.1, -0.05) is 40.9 Å². The lowest BCUT2D eigenvalue weighted by Gasteiger charge is -2.10. The molecule has 0 aliphatic heterocycles. The molecule has 0 saturated carbocycles. The molecule has 1 aromatic heterocycles. The Bertz CT molecular complexity index is 795. The molecule has 0 unspecified atom stereocenters. The highest BCUT2D eigenvalue weighted by molar-refractivity contribution is 6.35. The smallest absolute Gasteiger partial charge is 0.129 e. The first-order valence-electron chi connectivity index (χ1n) is 5.79. The SMILES string of the molecule is ClCc1nc2c(Cl)cccc2n1-c1cc(Cl)ccc1Cl. The molecule has 6 heteroatoms. The number of rotatable bonds is 2. The van der Waals surface area contributed by atoms with Crippen LogP contribution in [0.4, 0.5) is 0 Å². The Labute approximate surface area is 135 Å². The van der Waals surface area contributed by atoms with Crippen molar-refractivity contribution in [2.75, 3.05) is 0 Å². The Kier molecular flexibility index (Phi) is 3.83. The molecule has 0 spiro atoms. The van der Waals surface area contributed by atoms with Gasteiger partial charge in [-0.2, -0.15) is 0 Å². The zero-order valence-electron chi connectivity index (χ0n) is 10.1. The summed E-state index contributed by atoms with van der Waals surface area (Å²) in [5.41, 5.74) is 2.28. The summed E-state index contributed by atoms with van der Waals surface area (Å²) in [7, 11) is 0. The summed E-state index contributed by atoms with van der Waals surface area (Å²) < 4.78 is 1.88. The third-order valence-electron chi connectivity index (χ3n) is 2.97. The van der Waals surface area contributed by atoms with E-state index in [4.69, 9.17) is 46.4 Å². The van der Waals surface area contributed by atoms with Crippen molar-refractivity contribution < 1.29 is 0 Å². The molecule has 0 N–H and O–H groups in total. The van der Waals surface area contributed by atoms with Gasteiger partial charge < -0.3 is 0 Å². The van der Waals surface area contributed by atoms with Gasteiger partial charge in [0, 0.05) is 5.02 Å². The predicted octanol–water partition coefficient (Wildman–Crippen LogP) is 5.72. The van der Waals surface area contributed by atoms with Gasteiger partial charge in [-0.25, -0.2) is 4.98 Å². The molecule has 2 nitrogen and oxygen atoms in total. The van der Waals surface area contributed by atoms with E-state index in [9.17, 15) is 0 Å². The number of benzene rings is 2. The lowest BCUT2D eigenvalue weighted by atomic mass is 10.2. The number of aromatic nitrogens is 2. The molecule has 0 aliphatic carbocycles. The third kappa shape index (κ3) is 2.27. The highest BCUT2D eigenvalue weighted by Crippen LogP contribution is 2.32. The van der Waals surface area contributed by atoms with E-state index in [1.165, 1.54) is 0 Å². The van der Waals surface area contributed by atoms with E-state index in [0.717, 1.165) is 11.2 Å². The molecular formula is C14H8Cl4N2. The molecule has 102 valence electrons. The van der Waals surface area contributed by atoms with E-state index >= 15 is 0 Å². The minimum absolute atomic E-state index is 0.244. The van der Waals surface area contributed by atoms with Crippen molar-refractivity contribution in [3.05, 3.63) is 57.3 Å². The number of imidazole rings is 1. The number of nitrogens with zero attached hydrogens (tertiary/aromatic N) is 2. The summed E-state index contributed by atoms with van der Waals surface area (Å²) in [6.07, 6.45) is 0. The van der Waals surface area contributed by atoms with E-state index in [0.29, 0.717) is 26.4 Å². The van der Waals surface area contributed by atoms with Crippen LogP contribution in [0.5, 0.6) is 0 Å². The molecule has 3 aromatic rings. The van der Waals surface area contributed by atoms with Gasteiger partial charge in [-0.3, -0.25) is 4.57 Å². The first-order chi connectivity index (χ1) is 9.61. The maximum Gasteiger partial charge on any atom is 0.129 e. The minimum Gasteiger partial charge on any atom is -0.294 e. The van der Waals surface area contributed by atoms with Gasteiger partial charge in [0.25, 0.3) is 0 Å². The Morgan fingerprint density at radius 3 is 2.55 bits per heavy atom. The second-order valence-electron chi connectivity index (χ2n) is 4.20. The van der Waals surface area contributed by atoms with Crippen molar-refractivity contribution in [2.24, 2.45) is 0 Å². The predicted molar refractivity (Wildman–Crippen MR) is 85.7 cm³/mol. The molecular weight excluding hydrogens is 338 g/mol. The molecule has 20 heavy (non-hydrogen) atoms. The zero-order valence-corrected chi connectivity index (χ0v) is 13.1. The molecule has 0 aliphatic rings. The monoisotopic (exact) mass is 344 g/mol. The van der Waals surface area contributed by atoms with Crippen LogP contribution in [0.25, 0.3) is 16.7 Å². The fraction of sp³-hybridized carbons (Fsp3) is 0.0714. The summed E-state index contributed by atoms with van der Waals surface area (Å²) in [4.78, 5) is 4.48. The van der Waals surface area contributed by atoms with Gasteiger partial charge in [0.15, 0.2) is 0 Å². The molecule has 0 atom stereocenters. The molecule has 0 radical (unpaired) electrons. The number of hydrogen-bond donors (Lipinski definition) is 0. The van der Waals surface area contributed by atoms with Crippen LogP contribution >= 0.6 is 46.4 Å². The van der Waals surface area contributed by atoms with Gasteiger partial charge in [0.2, 0.25) is 0 Å². The van der Waals surface area contributed by atoms with Crippen LogP contribution < -0.4 is 0 Å². The molecule has 2 aromatic carbocycles. The Morgan fingerprint density at radius 1 is 1.00 bits per heavy atom. The van der Waals surface area contributed by atoms with Crippen molar-refractivity contribution in [2.45, 2.75) is 5.88 Å². The first kappa shape index (κ1) is 14.0. The fourth-order valence-corrected chi connectivity index (χ4v) is 2.89. The first-order valence-corrected chi connectivity index (χ1v) is 7.46. The number of halogens is 4. The second kappa shape index (κ2) is 5.45. The van der Waals surface area contributed by atoms with Crippen molar-refractivity contribution in [1.82, 2.24) is 9.55 Å². The van der Waals surface area contributed by atoms with Crippen LogP contribution in [-0.2, 0) is 5.88 Å². The minimum atomic E-state index is 0.244. The zero-order chi connectivity index (χ0) is 14.3. The fourth-order valence-electron chi connectivity index (χ4n) is 2.13. The van der Waals surface area contributed by atoms with Gasteiger partial charge in [-0.15, -0.1) is 11.6 Å². The van der Waals surface area contributed by atoms with Crippen LogP contribution in [0, 0.1) is 0 Å². The number of para-hydroxylation sites is 1. The molecule has 3 rings (SSSR count). The summed E-state index contributed by atoms with van der Waals surface area (Å²) in [5, 5.41) is 1.74. The van der Waals surface area contributed by atoms with E-state index < -0.39 is 0 Å². The maximum atomic E-state index is 6.27. The van der Waals surface area contributed by atoms with Crippen molar-refractivity contribution in [3.8, 4) is 5.69 Å². The van der Waals surface area contributed by atoms with Crippen LogP contribution in [0.15, 0.2) is 36.4 Å². The lowest BCUT2D eigenvalue weighted by molar-refractivity contribution is 0.982. The summed E-state index contributed by atoms with van der Waals surface area (Å²) in [6, 6.07) is 10.8. The van der Waals surface area contributed by atoms with E-state index in [-0.39, 0.29) is 5.88 Å². The summed E-state index contributed by atoms with van der Waals surface area (Å²) in [6.45, 7) is 0. The largest absolute Gasteiger partial charge is 0.294 e. The molecule has 0 amide bonds. The normalized spacial score (nSPS) is 11.2. The number of fused-ring (bicyclic) bond motifs is 1. The average Bonchev–Trinajstić information content (AvgIpc) is 2.81. The molecule has 0 fully saturated rings. The van der Waals surface area contributed by atoms with Gasteiger partial charge >= 0.3 is 0 Å². The molecule has 1 heterocycles. The van der Waals surface area contributed by atoms with E-state index in [1.807, 2.05) is 16.7 Å². The topological polar surface area (TPSA) is 17.8 Å². The Hall–Kier alpha value is -0.930. The van der Waals surface area contributed by atoms with Crippen LogP contribution in [0.2, 0.25) is 15.1 Å². The van der Waals surface area contributed by atoms with E-state index in [2.05, 4.69) is 4.98 Å². The van der Waals surface area contributed by atoms with Crippen molar-refractivity contribution in [1.29, 1.82) is 0 Å². The quantitative estimate of drug-likeness (QED) is 0.543. The lowest BCUT2D eigenvalue weighted by Crippen LogP contribution is -2.00.